The molecule has 19 heavy (non-hydrogen) atoms. The third-order valence-corrected chi connectivity index (χ3v) is 3.03. The van der Waals surface area contributed by atoms with Gasteiger partial charge in [0.15, 0.2) is 5.78 Å². The molecule has 1 unspecified atom stereocenters. The second-order valence-electron chi connectivity index (χ2n) is 4.23. The SMILES string of the molecule is Nc1ncc(Cl)cc1C(=O)CC(N)c1ccccc1. The molecular weight excluding hydrogens is 262 g/mol. The summed E-state index contributed by atoms with van der Waals surface area (Å²) in [5.41, 5.74) is 12.9. The number of ketones is 1. The highest BCUT2D eigenvalue weighted by Gasteiger charge is 2.16. The van der Waals surface area contributed by atoms with Gasteiger partial charge in [-0.05, 0) is 11.6 Å². The average molecular weight is 276 g/mol. The summed E-state index contributed by atoms with van der Waals surface area (Å²) in [7, 11) is 0. The third kappa shape index (κ3) is 3.30. The van der Waals surface area contributed by atoms with Crippen molar-refractivity contribution < 1.29 is 4.79 Å². The van der Waals surface area contributed by atoms with E-state index in [1.807, 2.05) is 30.3 Å². The number of nitrogens with two attached hydrogens (primary N) is 2. The number of hydrogen-bond acceptors (Lipinski definition) is 4. The number of carbonyl (C=O) groups excluding carboxylic acids is 1. The molecular formula is C14H14ClN3O. The summed E-state index contributed by atoms with van der Waals surface area (Å²) in [5.74, 6) is 0.0125. The van der Waals surface area contributed by atoms with Gasteiger partial charge >= 0.3 is 0 Å². The molecule has 1 aromatic carbocycles. The molecule has 0 saturated heterocycles. The first kappa shape index (κ1) is 13.5. The Hall–Kier alpha value is -1.91. The molecule has 98 valence electrons. The van der Waals surface area contributed by atoms with Crippen LogP contribution in [0.15, 0.2) is 42.6 Å². The van der Waals surface area contributed by atoms with Crippen LogP contribution in [0.1, 0.15) is 28.4 Å². The number of aromatic nitrogens is 1. The van der Waals surface area contributed by atoms with Crippen molar-refractivity contribution in [2.45, 2.75) is 12.5 Å². The third-order valence-electron chi connectivity index (χ3n) is 2.82. The fourth-order valence-electron chi connectivity index (χ4n) is 1.80. The van der Waals surface area contributed by atoms with E-state index >= 15 is 0 Å². The summed E-state index contributed by atoms with van der Waals surface area (Å²) in [6.45, 7) is 0. The minimum absolute atomic E-state index is 0.163. The maximum atomic E-state index is 12.1. The van der Waals surface area contributed by atoms with Crippen LogP contribution in [0.25, 0.3) is 0 Å². The van der Waals surface area contributed by atoms with E-state index in [2.05, 4.69) is 4.98 Å². The van der Waals surface area contributed by atoms with Gasteiger partial charge in [-0.15, -0.1) is 0 Å². The van der Waals surface area contributed by atoms with Crippen molar-refractivity contribution >= 4 is 23.2 Å². The molecule has 0 saturated carbocycles. The summed E-state index contributed by atoms with van der Waals surface area (Å²) < 4.78 is 0. The van der Waals surface area contributed by atoms with Gasteiger partial charge in [0.2, 0.25) is 0 Å². The van der Waals surface area contributed by atoms with Crippen LogP contribution in [0, 0.1) is 0 Å². The summed E-state index contributed by atoms with van der Waals surface area (Å²) in [4.78, 5) is 16.0. The van der Waals surface area contributed by atoms with E-state index in [0.717, 1.165) is 5.56 Å². The van der Waals surface area contributed by atoms with E-state index in [4.69, 9.17) is 23.1 Å². The molecule has 0 aliphatic carbocycles. The van der Waals surface area contributed by atoms with Gasteiger partial charge in [0.25, 0.3) is 0 Å². The van der Waals surface area contributed by atoms with Crippen LogP contribution >= 0.6 is 11.6 Å². The Labute approximate surface area is 116 Å². The molecule has 4 nitrogen and oxygen atoms in total. The summed E-state index contributed by atoms with van der Waals surface area (Å²) in [5, 5.41) is 0.380. The minimum Gasteiger partial charge on any atom is -0.383 e. The fourth-order valence-corrected chi connectivity index (χ4v) is 1.96. The largest absolute Gasteiger partial charge is 0.383 e. The predicted molar refractivity (Wildman–Crippen MR) is 76.0 cm³/mol. The van der Waals surface area contributed by atoms with Crippen LogP contribution in [-0.2, 0) is 0 Å². The Morgan fingerprint density at radius 3 is 2.68 bits per heavy atom. The number of hydrogen-bond donors (Lipinski definition) is 2. The van der Waals surface area contributed by atoms with Crippen molar-refractivity contribution in [3.05, 3.63) is 58.7 Å². The van der Waals surface area contributed by atoms with Crippen molar-refractivity contribution in [3.63, 3.8) is 0 Å². The highest BCUT2D eigenvalue weighted by atomic mass is 35.5. The molecule has 5 heteroatoms. The Balaban J connectivity index is 2.15. The van der Waals surface area contributed by atoms with E-state index in [-0.39, 0.29) is 24.1 Å². The smallest absolute Gasteiger partial charge is 0.168 e. The number of Topliss-reactive ketones (excluding diaryl/α,β-unsaturated/α-hetero) is 1. The Bertz CT molecular complexity index is 586. The van der Waals surface area contributed by atoms with Crippen molar-refractivity contribution in [2.75, 3.05) is 5.73 Å². The van der Waals surface area contributed by atoms with Crippen LogP contribution in [0.5, 0.6) is 0 Å². The van der Waals surface area contributed by atoms with Gasteiger partial charge in [-0.2, -0.15) is 0 Å². The zero-order valence-corrected chi connectivity index (χ0v) is 11.0. The molecule has 4 N–H and O–H groups in total. The van der Waals surface area contributed by atoms with Gasteiger partial charge in [0.1, 0.15) is 5.82 Å². The lowest BCUT2D eigenvalue weighted by Gasteiger charge is -2.11. The molecule has 0 bridgehead atoms. The van der Waals surface area contributed by atoms with Gasteiger partial charge in [0.05, 0.1) is 10.6 Å². The number of halogens is 1. The normalized spacial score (nSPS) is 12.1. The van der Waals surface area contributed by atoms with E-state index in [0.29, 0.717) is 10.6 Å². The molecule has 0 spiro atoms. The van der Waals surface area contributed by atoms with Crippen LogP contribution in [0.4, 0.5) is 5.82 Å². The van der Waals surface area contributed by atoms with E-state index < -0.39 is 0 Å². The standard InChI is InChI=1S/C14H14ClN3O/c15-10-6-11(14(17)18-8-10)13(19)7-12(16)9-4-2-1-3-5-9/h1-6,8,12H,7,16H2,(H2,17,18). The molecule has 0 aliphatic heterocycles. The zero-order valence-electron chi connectivity index (χ0n) is 10.2. The lowest BCUT2D eigenvalue weighted by molar-refractivity contribution is 0.0975. The summed E-state index contributed by atoms with van der Waals surface area (Å²) >= 11 is 5.81. The monoisotopic (exact) mass is 275 g/mol. The quantitative estimate of drug-likeness (QED) is 0.840. The Morgan fingerprint density at radius 1 is 1.32 bits per heavy atom. The van der Waals surface area contributed by atoms with Crippen LogP contribution in [-0.4, -0.2) is 10.8 Å². The summed E-state index contributed by atoms with van der Waals surface area (Å²) in [6, 6.07) is 10.6. The number of anilines is 1. The maximum absolute atomic E-state index is 12.1. The highest BCUT2D eigenvalue weighted by molar-refractivity contribution is 6.31. The molecule has 1 aromatic heterocycles. The number of rotatable bonds is 4. The second kappa shape index (κ2) is 5.82. The number of nitrogens with zero attached hydrogens (tertiary/aromatic N) is 1. The summed E-state index contributed by atoms with van der Waals surface area (Å²) in [6.07, 6.45) is 1.57. The van der Waals surface area contributed by atoms with E-state index in [9.17, 15) is 4.79 Å². The van der Waals surface area contributed by atoms with E-state index in [1.54, 1.807) is 0 Å². The Kier molecular flexibility index (Phi) is 4.14. The number of benzene rings is 1. The number of nitrogen functional groups attached to an aromatic ring is 1. The van der Waals surface area contributed by atoms with Crippen molar-refractivity contribution in [3.8, 4) is 0 Å². The van der Waals surface area contributed by atoms with Gasteiger partial charge in [-0.1, -0.05) is 41.9 Å². The first-order valence-electron chi connectivity index (χ1n) is 5.82. The first-order valence-corrected chi connectivity index (χ1v) is 6.20. The lowest BCUT2D eigenvalue weighted by Crippen LogP contribution is -2.16. The van der Waals surface area contributed by atoms with Crippen LogP contribution in [0.2, 0.25) is 5.02 Å². The second-order valence-corrected chi connectivity index (χ2v) is 4.67. The molecule has 0 amide bonds. The van der Waals surface area contributed by atoms with Crippen molar-refractivity contribution in [1.29, 1.82) is 0 Å². The predicted octanol–water partition coefficient (Wildman–Crippen LogP) is 2.59. The molecule has 1 heterocycles. The molecule has 1 atom stereocenters. The fraction of sp³-hybridized carbons (Fsp3) is 0.143. The molecule has 2 rings (SSSR count). The van der Waals surface area contributed by atoms with Gasteiger partial charge in [-0.25, -0.2) is 4.98 Å². The molecule has 0 fully saturated rings. The first-order chi connectivity index (χ1) is 9.08. The zero-order chi connectivity index (χ0) is 13.8. The van der Waals surface area contributed by atoms with Crippen molar-refractivity contribution in [2.24, 2.45) is 5.73 Å². The van der Waals surface area contributed by atoms with Gasteiger partial charge in [0, 0.05) is 18.7 Å². The topological polar surface area (TPSA) is 82.0 Å². The van der Waals surface area contributed by atoms with Gasteiger partial charge in [-0.3, -0.25) is 4.79 Å². The number of pyridine rings is 1. The highest BCUT2D eigenvalue weighted by Crippen LogP contribution is 2.21. The lowest BCUT2D eigenvalue weighted by atomic mass is 9.99. The average Bonchev–Trinajstić information content (AvgIpc) is 2.42. The maximum Gasteiger partial charge on any atom is 0.168 e. The molecule has 0 aliphatic rings. The number of carbonyl (C=O) groups is 1. The minimum atomic E-state index is -0.368. The van der Waals surface area contributed by atoms with Crippen LogP contribution in [0.3, 0.4) is 0 Å². The van der Waals surface area contributed by atoms with E-state index in [1.165, 1.54) is 12.3 Å². The Morgan fingerprint density at radius 2 is 2.00 bits per heavy atom. The van der Waals surface area contributed by atoms with Crippen molar-refractivity contribution in [1.82, 2.24) is 4.98 Å². The molecule has 0 radical (unpaired) electrons. The van der Waals surface area contributed by atoms with Crippen LogP contribution < -0.4 is 11.5 Å². The van der Waals surface area contributed by atoms with Gasteiger partial charge < -0.3 is 11.5 Å². The molecule has 2 aromatic rings.